The van der Waals surface area contributed by atoms with Gasteiger partial charge in [0, 0.05) is 12.8 Å². The number of hydrogen-bond donors (Lipinski definition) is 1. The smallest absolute Gasteiger partial charge is 0.126 e. The van der Waals surface area contributed by atoms with E-state index in [2.05, 4.69) is 11.9 Å². The lowest BCUT2D eigenvalue weighted by atomic mass is 10.1. The van der Waals surface area contributed by atoms with E-state index in [4.69, 9.17) is 19.9 Å². The van der Waals surface area contributed by atoms with Crippen LogP contribution in [0.1, 0.15) is 30.9 Å². The van der Waals surface area contributed by atoms with Crippen LogP contribution in [0.4, 0.5) is 5.82 Å². The predicted octanol–water partition coefficient (Wildman–Crippen LogP) is 2.36. The van der Waals surface area contributed by atoms with Gasteiger partial charge in [-0.1, -0.05) is 13.3 Å². The fourth-order valence-electron chi connectivity index (χ4n) is 1.90. The van der Waals surface area contributed by atoms with Crippen molar-refractivity contribution in [2.45, 2.75) is 33.1 Å². The minimum atomic E-state index is 0.591. The van der Waals surface area contributed by atoms with Crippen LogP contribution >= 0.6 is 0 Å². The quantitative estimate of drug-likeness (QED) is 0.600. The predicted molar refractivity (Wildman–Crippen MR) is 84.5 cm³/mol. The van der Waals surface area contributed by atoms with Crippen LogP contribution in [0.3, 0.4) is 0 Å². The van der Waals surface area contributed by atoms with Crippen molar-refractivity contribution < 1.29 is 14.2 Å². The molecule has 0 aliphatic rings. The van der Waals surface area contributed by atoms with Gasteiger partial charge in [0.1, 0.15) is 5.82 Å². The molecular weight excluding hydrogens is 268 g/mol. The number of aryl methyl sites for hydroxylation is 1. The van der Waals surface area contributed by atoms with Gasteiger partial charge < -0.3 is 19.9 Å². The molecule has 0 bridgehead atoms. The van der Waals surface area contributed by atoms with Crippen molar-refractivity contribution in [2.24, 2.45) is 0 Å². The molecule has 0 atom stereocenters. The second-order valence-electron chi connectivity index (χ2n) is 4.93. The summed E-state index contributed by atoms with van der Waals surface area (Å²) in [7, 11) is 0. The molecule has 1 rings (SSSR count). The number of nitrogen functional groups attached to an aromatic ring is 1. The second-order valence-corrected chi connectivity index (χ2v) is 4.93. The number of hydrogen-bond acceptors (Lipinski definition) is 5. The molecular formula is C16H28N2O3. The Bertz CT molecular complexity index is 366. The molecule has 2 N–H and O–H groups in total. The maximum absolute atomic E-state index is 5.85. The molecule has 1 aromatic rings. The summed E-state index contributed by atoms with van der Waals surface area (Å²) in [5.41, 5.74) is 8.08. The number of nitrogens with zero attached hydrogens (tertiary/aromatic N) is 1. The zero-order chi connectivity index (χ0) is 15.3. The summed E-state index contributed by atoms with van der Waals surface area (Å²) in [5, 5.41) is 0. The van der Waals surface area contributed by atoms with E-state index in [1.807, 2.05) is 13.0 Å². The standard InChI is InChI=1S/C16H28N2O3/c1-3-4-8-19-10-12-21-13-11-20-9-6-15-14(2)5-7-18-16(15)17/h5,7H,3-4,6,8-13H2,1-2H3,(H2,17,18). The van der Waals surface area contributed by atoms with Gasteiger partial charge in [0.05, 0.1) is 33.0 Å². The summed E-state index contributed by atoms with van der Waals surface area (Å²) >= 11 is 0. The monoisotopic (exact) mass is 296 g/mol. The Labute approximate surface area is 127 Å². The summed E-state index contributed by atoms with van der Waals surface area (Å²) in [6, 6.07) is 1.97. The van der Waals surface area contributed by atoms with Gasteiger partial charge >= 0.3 is 0 Å². The number of ether oxygens (including phenoxy) is 3. The van der Waals surface area contributed by atoms with Crippen molar-refractivity contribution in [2.75, 3.05) is 45.4 Å². The first-order chi connectivity index (χ1) is 10.3. The maximum atomic E-state index is 5.85. The van der Waals surface area contributed by atoms with E-state index in [1.165, 1.54) is 0 Å². The second kappa shape index (κ2) is 11.5. The molecule has 1 aromatic heterocycles. The average Bonchev–Trinajstić information content (AvgIpc) is 2.47. The average molecular weight is 296 g/mol. The van der Waals surface area contributed by atoms with E-state index in [-0.39, 0.29) is 0 Å². The first kappa shape index (κ1) is 17.9. The van der Waals surface area contributed by atoms with Crippen molar-refractivity contribution in [3.63, 3.8) is 0 Å². The van der Waals surface area contributed by atoms with Gasteiger partial charge in [-0.05, 0) is 37.0 Å². The zero-order valence-electron chi connectivity index (χ0n) is 13.3. The van der Waals surface area contributed by atoms with Crippen molar-refractivity contribution in [1.29, 1.82) is 0 Å². The fraction of sp³-hybridized carbons (Fsp3) is 0.688. The lowest BCUT2D eigenvalue weighted by Crippen LogP contribution is -2.11. The number of rotatable bonds is 12. The van der Waals surface area contributed by atoms with Gasteiger partial charge in [-0.15, -0.1) is 0 Å². The minimum absolute atomic E-state index is 0.591. The zero-order valence-corrected chi connectivity index (χ0v) is 13.3. The van der Waals surface area contributed by atoms with Crippen LogP contribution in [0.15, 0.2) is 12.3 Å². The van der Waals surface area contributed by atoms with Crippen molar-refractivity contribution in [3.05, 3.63) is 23.4 Å². The molecule has 0 radical (unpaired) electrons. The van der Waals surface area contributed by atoms with E-state index >= 15 is 0 Å². The van der Waals surface area contributed by atoms with Crippen LogP contribution in [0, 0.1) is 6.92 Å². The molecule has 120 valence electrons. The minimum Gasteiger partial charge on any atom is -0.383 e. The van der Waals surface area contributed by atoms with Gasteiger partial charge in [0.25, 0.3) is 0 Å². The third-order valence-corrected chi connectivity index (χ3v) is 3.21. The Hall–Kier alpha value is -1.17. The van der Waals surface area contributed by atoms with Crippen molar-refractivity contribution in [1.82, 2.24) is 4.98 Å². The van der Waals surface area contributed by atoms with Crippen LogP contribution in [-0.4, -0.2) is 44.6 Å². The van der Waals surface area contributed by atoms with Gasteiger partial charge in [-0.3, -0.25) is 0 Å². The number of aromatic nitrogens is 1. The Balaban J connectivity index is 1.95. The summed E-state index contributed by atoms with van der Waals surface area (Å²) in [6.07, 6.45) is 4.78. The van der Waals surface area contributed by atoms with E-state index in [9.17, 15) is 0 Å². The van der Waals surface area contributed by atoms with Crippen LogP contribution in [-0.2, 0) is 20.6 Å². The van der Waals surface area contributed by atoms with E-state index in [0.29, 0.717) is 38.9 Å². The molecule has 5 heteroatoms. The molecule has 5 nitrogen and oxygen atoms in total. The summed E-state index contributed by atoms with van der Waals surface area (Å²) in [4.78, 5) is 4.09. The third kappa shape index (κ3) is 7.99. The SMILES string of the molecule is CCCCOCCOCCOCCc1c(C)ccnc1N. The van der Waals surface area contributed by atoms with Gasteiger partial charge in [-0.2, -0.15) is 0 Å². The fourth-order valence-corrected chi connectivity index (χ4v) is 1.90. The van der Waals surface area contributed by atoms with Crippen LogP contribution < -0.4 is 5.73 Å². The van der Waals surface area contributed by atoms with Gasteiger partial charge in [0.2, 0.25) is 0 Å². The van der Waals surface area contributed by atoms with E-state index in [1.54, 1.807) is 6.20 Å². The highest BCUT2D eigenvalue weighted by atomic mass is 16.5. The molecule has 0 saturated heterocycles. The van der Waals surface area contributed by atoms with Gasteiger partial charge in [0.15, 0.2) is 0 Å². The summed E-state index contributed by atoms with van der Waals surface area (Å²) < 4.78 is 16.4. The molecule has 0 saturated carbocycles. The Morgan fingerprint density at radius 3 is 2.24 bits per heavy atom. The lowest BCUT2D eigenvalue weighted by Gasteiger charge is -2.09. The highest BCUT2D eigenvalue weighted by Crippen LogP contribution is 2.13. The lowest BCUT2D eigenvalue weighted by molar-refractivity contribution is 0.0146. The van der Waals surface area contributed by atoms with E-state index in [0.717, 1.165) is 37.0 Å². The highest BCUT2D eigenvalue weighted by molar-refractivity contribution is 5.43. The first-order valence-electron chi connectivity index (χ1n) is 7.69. The molecule has 21 heavy (non-hydrogen) atoms. The molecule has 0 spiro atoms. The molecule has 0 unspecified atom stereocenters. The molecule has 0 fully saturated rings. The Kier molecular flexibility index (Phi) is 9.78. The van der Waals surface area contributed by atoms with E-state index < -0.39 is 0 Å². The number of unbranched alkanes of at least 4 members (excludes halogenated alkanes) is 1. The largest absolute Gasteiger partial charge is 0.383 e. The molecule has 0 aliphatic heterocycles. The maximum Gasteiger partial charge on any atom is 0.126 e. The number of pyridine rings is 1. The van der Waals surface area contributed by atoms with Crippen molar-refractivity contribution in [3.8, 4) is 0 Å². The van der Waals surface area contributed by atoms with Gasteiger partial charge in [-0.25, -0.2) is 4.98 Å². The van der Waals surface area contributed by atoms with Crippen LogP contribution in [0.2, 0.25) is 0 Å². The van der Waals surface area contributed by atoms with Crippen molar-refractivity contribution >= 4 is 5.82 Å². The highest BCUT2D eigenvalue weighted by Gasteiger charge is 2.03. The number of anilines is 1. The number of nitrogens with two attached hydrogens (primary N) is 1. The third-order valence-electron chi connectivity index (χ3n) is 3.21. The molecule has 0 aromatic carbocycles. The summed E-state index contributed by atoms with van der Waals surface area (Å²) in [5.74, 6) is 0.596. The summed E-state index contributed by atoms with van der Waals surface area (Å²) in [6.45, 7) is 8.11. The normalized spacial score (nSPS) is 11.0. The molecule has 1 heterocycles. The topological polar surface area (TPSA) is 66.6 Å². The van der Waals surface area contributed by atoms with Crippen LogP contribution in [0.5, 0.6) is 0 Å². The Morgan fingerprint density at radius 2 is 1.62 bits per heavy atom. The molecule has 0 amide bonds. The molecule has 0 aliphatic carbocycles. The Morgan fingerprint density at radius 1 is 1.00 bits per heavy atom. The first-order valence-corrected chi connectivity index (χ1v) is 7.69. The van der Waals surface area contributed by atoms with Crippen LogP contribution in [0.25, 0.3) is 0 Å².